The van der Waals surface area contributed by atoms with E-state index in [-0.39, 0.29) is 11.8 Å². The molecule has 0 aromatic carbocycles. The second-order valence-electron chi connectivity index (χ2n) is 4.46. The highest BCUT2D eigenvalue weighted by Crippen LogP contribution is 2.24. The summed E-state index contributed by atoms with van der Waals surface area (Å²) in [5.41, 5.74) is 1.80. The van der Waals surface area contributed by atoms with Gasteiger partial charge in [-0.15, -0.1) is 11.3 Å². The maximum atomic E-state index is 11.9. The van der Waals surface area contributed by atoms with Gasteiger partial charge < -0.3 is 5.32 Å². The molecule has 2 rings (SSSR count). The Balaban J connectivity index is 2.04. The van der Waals surface area contributed by atoms with Gasteiger partial charge >= 0.3 is 0 Å². The number of nitrogens with one attached hydrogen (secondary N) is 1. The Morgan fingerprint density at radius 1 is 1.53 bits per heavy atom. The number of rotatable bonds is 5. The largest absolute Gasteiger partial charge is 0.302 e. The average molecular weight is 275 g/mol. The Kier molecular flexibility index (Phi) is 4.63. The van der Waals surface area contributed by atoms with Gasteiger partial charge in [-0.05, 0) is 18.6 Å². The Labute approximate surface area is 116 Å². The van der Waals surface area contributed by atoms with E-state index < -0.39 is 0 Å². The highest BCUT2D eigenvalue weighted by molar-refractivity contribution is 7.14. The van der Waals surface area contributed by atoms with E-state index in [2.05, 4.69) is 22.2 Å². The van der Waals surface area contributed by atoms with Crippen LogP contribution in [0.2, 0.25) is 0 Å². The van der Waals surface area contributed by atoms with Crippen molar-refractivity contribution in [3.8, 4) is 11.3 Å². The molecule has 0 aliphatic rings. The zero-order valence-electron chi connectivity index (χ0n) is 11.1. The summed E-state index contributed by atoms with van der Waals surface area (Å²) >= 11 is 1.44. The molecule has 0 aliphatic heterocycles. The van der Waals surface area contributed by atoms with Gasteiger partial charge in [0.25, 0.3) is 0 Å². The molecule has 1 unspecified atom stereocenters. The van der Waals surface area contributed by atoms with Crippen LogP contribution in [0.25, 0.3) is 11.3 Å². The molecule has 0 saturated heterocycles. The minimum Gasteiger partial charge on any atom is -0.302 e. The van der Waals surface area contributed by atoms with Crippen LogP contribution >= 0.6 is 11.3 Å². The van der Waals surface area contributed by atoms with Crippen LogP contribution in [0.15, 0.2) is 29.9 Å². The molecule has 5 heteroatoms. The van der Waals surface area contributed by atoms with E-state index in [1.807, 2.05) is 24.4 Å². The van der Waals surface area contributed by atoms with Gasteiger partial charge in [0.1, 0.15) is 0 Å². The Morgan fingerprint density at radius 2 is 2.37 bits per heavy atom. The molecule has 4 nitrogen and oxygen atoms in total. The summed E-state index contributed by atoms with van der Waals surface area (Å²) in [7, 11) is 0. The molecule has 100 valence electrons. The van der Waals surface area contributed by atoms with Crippen molar-refractivity contribution in [1.82, 2.24) is 9.97 Å². The highest BCUT2D eigenvalue weighted by Gasteiger charge is 2.13. The van der Waals surface area contributed by atoms with Gasteiger partial charge in [-0.25, -0.2) is 4.98 Å². The molecule has 1 N–H and O–H groups in total. The Morgan fingerprint density at radius 3 is 3.05 bits per heavy atom. The zero-order valence-corrected chi connectivity index (χ0v) is 11.9. The number of aromatic nitrogens is 2. The van der Waals surface area contributed by atoms with E-state index >= 15 is 0 Å². The number of nitrogens with zero attached hydrogens (tertiary/aromatic N) is 2. The predicted octanol–water partition coefficient (Wildman–Crippen LogP) is 3.58. The van der Waals surface area contributed by atoms with Crippen LogP contribution in [0.5, 0.6) is 0 Å². The van der Waals surface area contributed by atoms with Crippen LogP contribution in [-0.4, -0.2) is 15.9 Å². The van der Waals surface area contributed by atoms with Crippen LogP contribution in [0.4, 0.5) is 5.13 Å². The van der Waals surface area contributed by atoms with Crippen LogP contribution in [0, 0.1) is 5.92 Å². The van der Waals surface area contributed by atoms with Crippen molar-refractivity contribution in [2.45, 2.75) is 26.7 Å². The van der Waals surface area contributed by atoms with E-state index in [0.29, 0.717) is 5.13 Å². The van der Waals surface area contributed by atoms with Gasteiger partial charge in [-0.1, -0.05) is 20.3 Å². The molecule has 0 fully saturated rings. The molecule has 2 aromatic rings. The molecule has 0 aliphatic carbocycles. The Bertz CT molecular complexity index is 539. The van der Waals surface area contributed by atoms with Gasteiger partial charge in [0.2, 0.25) is 5.91 Å². The first kappa shape index (κ1) is 13.7. The van der Waals surface area contributed by atoms with Gasteiger partial charge in [0, 0.05) is 29.3 Å². The summed E-state index contributed by atoms with van der Waals surface area (Å²) in [6.07, 6.45) is 5.39. The standard InChI is InChI=1S/C14H17N3OS/c1-3-5-10(2)13(18)17-14-16-12(9-19-14)11-6-4-7-15-8-11/h4,6-10H,3,5H2,1-2H3,(H,16,17,18). The van der Waals surface area contributed by atoms with Crippen molar-refractivity contribution in [3.05, 3.63) is 29.9 Å². The number of carbonyl (C=O) groups excluding carboxylic acids is 1. The van der Waals surface area contributed by atoms with E-state index in [1.165, 1.54) is 11.3 Å². The first-order chi connectivity index (χ1) is 9.20. The topological polar surface area (TPSA) is 54.9 Å². The Hall–Kier alpha value is -1.75. The lowest BCUT2D eigenvalue weighted by Crippen LogP contribution is -2.20. The maximum absolute atomic E-state index is 11.9. The van der Waals surface area contributed by atoms with Crippen molar-refractivity contribution >= 4 is 22.4 Å². The lowest BCUT2D eigenvalue weighted by molar-refractivity contribution is -0.119. The number of pyridine rings is 1. The van der Waals surface area contributed by atoms with Crippen molar-refractivity contribution in [1.29, 1.82) is 0 Å². The molecule has 1 amide bonds. The third-order valence-electron chi connectivity index (χ3n) is 2.86. The smallest absolute Gasteiger partial charge is 0.228 e. The maximum Gasteiger partial charge on any atom is 0.228 e. The van der Waals surface area contributed by atoms with Gasteiger partial charge in [-0.3, -0.25) is 9.78 Å². The van der Waals surface area contributed by atoms with Crippen LogP contribution in [0.1, 0.15) is 26.7 Å². The molecule has 2 aromatic heterocycles. The number of thiazole rings is 1. The SMILES string of the molecule is CCCC(C)C(=O)Nc1nc(-c2cccnc2)cs1. The molecule has 2 heterocycles. The fraction of sp³-hybridized carbons (Fsp3) is 0.357. The molecular weight excluding hydrogens is 258 g/mol. The van der Waals surface area contributed by atoms with Crippen LogP contribution in [-0.2, 0) is 4.79 Å². The fourth-order valence-corrected chi connectivity index (χ4v) is 2.49. The molecule has 0 saturated carbocycles. The first-order valence-corrected chi connectivity index (χ1v) is 7.25. The minimum absolute atomic E-state index is 0.0238. The number of hydrogen-bond acceptors (Lipinski definition) is 4. The van der Waals surface area contributed by atoms with Crippen molar-refractivity contribution in [2.75, 3.05) is 5.32 Å². The zero-order chi connectivity index (χ0) is 13.7. The minimum atomic E-state index is 0.0238. The van der Waals surface area contributed by atoms with Crippen LogP contribution < -0.4 is 5.32 Å². The van der Waals surface area contributed by atoms with E-state index in [4.69, 9.17) is 0 Å². The first-order valence-electron chi connectivity index (χ1n) is 6.37. The summed E-state index contributed by atoms with van der Waals surface area (Å²) in [6, 6.07) is 3.82. The summed E-state index contributed by atoms with van der Waals surface area (Å²) in [5, 5.41) is 5.44. The van der Waals surface area contributed by atoms with Crippen molar-refractivity contribution < 1.29 is 4.79 Å². The lowest BCUT2D eigenvalue weighted by atomic mass is 10.1. The summed E-state index contributed by atoms with van der Waals surface area (Å²) in [5.74, 6) is 0.0599. The summed E-state index contributed by atoms with van der Waals surface area (Å²) < 4.78 is 0. The second-order valence-corrected chi connectivity index (χ2v) is 5.32. The molecule has 0 radical (unpaired) electrons. The van der Waals surface area contributed by atoms with Crippen molar-refractivity contribution in [2.24, 2.45) is 5.92 Å². The summed E-state index contributed by atoms with van der Waals surface area (Å²) in [4.78, 5) is 20.4. The third kappa shape index (κ3) is 3.61. The molecule has 0 spiro atoms. The molecule has 0 bridgehead atoms. The molecule has 19 heavy (non-hydrogen) atoms. The van der Waals surface area contributed by atoms with E-state index in [0.717, 1.165) is 24.1 Å². The number of amides is 1. The number of carbonyl (C=O) groups is 1. The number of anilines is 1. The summed E-state index contributed by atoms with van der Waals surface area (Å²) in [6.45, 7) is 4.02. The van der Waals surface area contributed by atoms with Crippen LogP contribution in [0.3, 0.4) is 0 Å². The van der Waals surface area contributed by atoms with Gasteiger partial charge in [0.05, 0.1) is 5.69 Å². The van der Waals surface area contributed by atoms with Gasteiger partial charge in [0.15, 0.2) is 5.13 Å². The average Bonchev–Trinajstić information content (AvgIpc) is 2.88. The lowest BCUT2D eigenvalue weighted by Gasteiger charge is -2.08. The fourth-order valence-electron chi connectivity index (χ4n) is 1.77. The monoisotopic (exact) mass is 275 g/mol. The van der Waals surface area contributed by atoms with Gasteiger partial charge in [-0.2, -0.15) is 0 Å². The third-order valence-corrected chi connectivity index (χ3v) is 3.62. The number of hydrogen-bond donors (Lipinski definition) is 1. The van der Waals surface area contributed by atoms with E-state index in [9.17, 15) is 4.79 Å². The second kappa shape index (κ2) is 6.43. The molecular formula is C14H17N3OS. The molecule has 1 atom stereocenters. The predicted molar refractivity (Wildman–Crippen MR) is 78.0 cm³/mol. The quantitative estimate of drug-likeness (QED) is 0.907. The van der Waals surface area contributed by atoms with E-state index in [1.54, 1.807) is 12.4 Å². The normalized spacial score (nSPS) is 12.1. The highest BCUT2D eigenvalue weighted by atomic mass is 32.1. The van der Waals surface area contributed by atoms with Crippen molar-refractivity contribution in [3.63, 3.8) is 0 Å².